The number of nitro benzene ring substituents is 1. The second-order valence-corrected chi connectivity index (χ2v) is 5.12. The third kappa shape index (κ3) is 3.05. The third-order valence-corrected chi connectivity index (χ3v) is 3.41. The first-order valence-corrected chi connectivity index (χ1v) is 6.37. The van der Waals surface area contributed by atoms with Gasteiger partial charge in [-0.15, -0.1) is 0 Å². The number of nitro groups is 1. The summed E-state index contributed by atoms with van der Waals surface area (Å²) in [5.41, 5.74) is 5.30. The van der Waals surface area contributed by atoms with Gasteiger partial charge >= 0.3 is 0 Å². The van der Waals surface area contributed by atoms with Gasteiger partial charge in [0.25, 0.3) is 11.6 Å². The Kier molecular flexibility index (Phi) is 3.89. The predicted molar refractivity (Wildman–Crippen MR) is 73.4 cm³/mol. The summed E-state index contributed by atoms with van der Waals surface area (Å²) < 4.78 is 5.57. The average Bonchev–Trinajstić information content (AvgIpc) is 2.83. The molecule has 1 saturated heterocycles. The maximum Gasteiger partial charge on any atom is 0.292 e. The molecule has 1 amide bonds. The lowest BCUT2D eigenvalue weighted by Crippen LogP contribution is -2.40. The van der Waals surface area contributed by atoms with Crippen LogP contribution in [0.15, 0.2) is 18.2 Å². The fourth-order valence-electron chi connectivity index (χ4n) is 2.21. The molecule has 1 unspecified atom stereocenters. The van der Waals surface area contributed by atoms with Crippen molar-refractivity contribution >= 4 is 17.3 Å². The fraction of sp³-hybridized carbons (Fsp3) is 0.462. The average molecular weight is 279 g/mol. The smallest absolute Gasteiger partial charge is 0.292 e. The van der Waals surface area contributed by atoms with Crippen molar-refractivity contribution in [1.82, 2.24) is 5.32 Å². The van der Waals surface area contributed by atoms with E-state index in [4.69, 9.17) is 10.5 Å². The van der Waals surface area contributed by atoms with Crippen LogP contribution in [0.3, 0.4) is 0 Å². The Morgan fingerprint density at radius 2 is 2.35 bits per heavy atom. The van der Waals surface area contributed by atoms with Crippen LogP contribution in [0.2, 0.25) is 0 Å². The highest BCUT2D eigenvalue weighted by Crippen LogP contribution is 2.25. The lowest BCUT2D eigenvalue weighted by Gasteiger charge is -2.23. The second-order valence-electron chi connectivity index (χ2n) is 5.12. The lowest BCUT2D eigenvalue weighted by molar-refractivity contribution is -0.383. The van der Waals surface area contributed by atoms with E-state index in [0.29, 0.717) is 18.7 Å². The summed E-state index contributed by atoms with van der Waals surface area (Å²) in [4.78, 5) is 22.1. The zero-order valence-electron chi connectivity index (χ0n) is 11.2. The van der Waals surface area contributed by atoms with Crippen molar-refractivity contribution in [1.29, 1.82) is 0 Å². The van der Waals surface area contributed by atoms with E-state index >= 15 is 0 Å². The molecule has 0 aliphatic carbocycles. The minimum Gasteiger partial charge on any atom is -0.393 e. The van der Waals surface area contributed by atoms with E-state index in [1.54, 1.807) is 0 Å². The van der Waals surface area contributed by atoms with Gasteiger partial charge in [0.15, 0.2) is 0 Å². The Bertz CT molecular complexity index is 538. The monoisotopic (exact) mass is 279 g/mol. The SMILES string of the molecule is CC1(CNC(=O)c2ccc([N+](=O)[O-])c(N)c2)CCCO1. The first kappa shape index (κ1) is 14.3. The number of ether oxygens (including phenoxy) is 1. The summed E-state index contributed by atoms with van der Waals surface area (Å²) in [7, 11) is 0. The zero-order chi connectivity index (χ0) is 14.8. The summed E-state index contributed by atoms with van der Waals surface area (Å²) in [6, 6.07) is 3.94. The molecule has 1 atom stereocenters. The molecule has 0 bridgehead atoms. The molecule has 3 N–H and O–H groups in total. The predicted octanol–water partition coefficient (Wildman–Crippen LogP) is 1.48. The maximum atomic E-state index is 12.0. The number of hydrogen-bond donors (Lipinski definition) is 2. The first-order chi connectivity index (χ1) is 9.41. The molecular weight excluding hydrogens is 262 g/mol. The number of nitrogens with zero attached hydrogens (tertiary/aromatic N) is 1. The van der Waals surface area contributed by atoms with Crippen LogP contribution in [0.1, 0.15) is 30.1 Å². The molecule has 1 aromatic rings. The van der Waals surface area contributed by atoms with Gasteiger partial charge in [-0.05, 0) is 31.9 Å². The van der Waals surface area contributed by atoms with Crippen molar-refractivity contribution < 1.29 is 14.5 Å². The molecule has 1 aromatic carbocycles. The van der Waals surface area contributed by atoms with E-state index < -0.39 is 4.92 Å². The largest absolute Gasteiger partial charge is 0.393 e. The highest BCUT2D eigenvalue weighted by atomic mass is 16.6. The first-order valence-electron chi connectivity index (χ1n) is 6.37. The van der Waals surface area contributed by atoms with Gasteiger partial charge in [0.05, 0.1) is 10.5 Å². The van der Waals surface area contributed by atoms with E-state index in [2.05, 4.69) is 5.32 Å². The Labute approximate surface area is 116 Å². The third-order valence-electron chi connectivity index (χ3n) is 3.41. The molecule has 0 saturated carbocycles. The van der Waals surface area contributed by atoms with Crippen molar-refractivity contribution in [2.24, 2.45) is 0 Å². The van der Waals surface area contributed by atoms with Gasteiger partial charge in [-0.2, -0.15) is 0 Å². The minimum atomic E-state index is -0.579. The molecule has 1 aliphatic rings. The Morgan fingerprint density at radius 1 is 1.60 bits per heavy atom. The molecule has 20 heavy (non-hydrogen) atoms. The van der Waals surface area contributed by atoms with Crippen molar-refractivity contribution in [3.8, 4) is 0 Å². The molecule has 7 heteroatoms. The number of amides is 1. The summed E-state index contributed by atoms with van der Waals surface area (Å²) in [6.07, 6.45) is 1.88. The van der Waals surface area contributed by atoms with Gasteiger partial charge in [0.2, 0.25) is 0 Å². The Balaban J connectivity index is 2.02. The Morgan fingerprint density at radius 3 is 2.90 bits per heavy atom. The van der Waals surface area contributed by atoms with E-state index in [-0.39, 0.29) is 22.9 Å². The van der Waals surface area contributed by atoms with Crippen molar-refractivity contribution in [2.45, 2.75) is 25.4 Å². The number of nitrogen functional groups attached to an aromatic ring is 1. The molecule has 1 fully saturated rings. The second kappa shape index (κ2) is 5.46. The molecule has 0 radical (unpaired) electrons. The number of nitrogens with two attached hydrogens (primary N) is 1. The molecule has 7 nitrogen and oxygen atoms in total. The quantitative estimate of drug-likeness (QED) is 0.493. The van der Waals surface area contributed by atoms with Crippen LogP contribution in [0, 0.1) is 10.1 Å². The lowest BCUT2D eigenvalue weighted by atomic mass is 10.0. The molecule has 108 valence electrons. The molecule has 0 spiro atoms. The maximum absolute atomic E-state index is 12.0. The van der Waals surface area contributed by atoms with Crippen LogP contribution in [-0.2, 0) is 4.74 Å². The Hall–Kier alpha value is -2.15. The summed E-state index contributed by atoms with van der Waals surface area (Å²) in [5.74, 6) is -0.316. The van der Waals surface area contributed by atoms with E-state index in [0.717, 1.165) is 12.8 Å². The van der Waals surface area contributed by atoms with Gasteiger partial charge < -0.3 is 15.8 Å². The topological polar surface area (TPSA) is 107 Å². The van der Waals surface area contributed by atoms with Gasteiger partial charge in [-0.3, -0.25) is 14.9 Å². The van der Waals surface area contributed by atoms with Gasteiger partial charge in [-0.25, -0.2) is 0 Å². The number of rotatable bonds is 4. The van der Waals surface area contributed by atoms with Gasteiger partial charge in [0, 0.05) is 24.8 Å². The molecule has 1 heterocycles. The molecular formula is C13H17N3O4. The number of carbonyl (C=O) groups is 1. The fourth-order valence-corrected chi connectivity index (χ4v) is 2.21. The van der Waals surface area contributed by atoms with Crippen LogP contribution in [-0.4, -0.2) is 29.6 Å². The zero-order valence-corrected chi connectivity index (χ0v) is 11.2. The number of nitrogens with one attached hydrogen (secondary N) is 1. The van der Waals surface area contributed by atoms with Crippen LogP contribution in [0.4, 0.5) is 11.4 Å². The minimum absolute atomic E-state index is 0.0222. The van der Waals surface area contributed by atoms with E-state index in [1.807, 2.05) is 6.92 Å². The molecule has 1 aliphatic heterocycles. The summed E-state index contributed by atoms with van der Waals surface area (Å²) in [5, 5.41) is 13.4. The molecule has 2 rings (SSSR count). The van der Waals surface area contributed by atoms with Crippen LogP contribution < -0.4 is 11.1 Å². The number of carbonyl (C=O) groups excluding carboxylic acids is 1. The van der Waals surface area contributed by atoms with Gasteiger partial charge in [-0.1, -0.05) is 0 Å². The van der Waals surface area contributed by atoms with E-state index in [9.17, 15) is 14.9 Å². The van der Waals surface area contributed by atoms with Gasteiger partial charge in [0.1, 0.15) is 5.69 Å². The van der Waals surface area contributed by atoms with E-state index in [1.165, 1.54) is 18.2 Å². The van der Waals surface area contributed by atoms with Crippen LogP contribution in [0.25, 0.3) is 0 Å². The normalized spacial score (nSPS) is 21.6. The number of hydrogen-bond acceptors (Lipinski definition) is 5. The summed E-state index contributed by atoms with van der Waals surface area (Å²) in [6.45, 7) is 3.06. The number of benzene rings is 1. The number of anilines is 1. The highest BCUT2D eigenvalue weighted by Gasteiger charge is 2.30. The van der Waals surface area contributed by atoms with Crippen molar-refractivity contribution in [3.63, 3.8) is 0 Å². The van der Waals surface area contributed by atoms with Crippen molar-refractivity contribution in [2.75, 3.05) is 18.9 Å². The standard InChI is InChI=1S/C13H17N3O4/c1-13(5-2-6-20-13)8-15-12(17)9-3-4-11(16(18)19)10(14)7-9/h3-4,7H,2,5-6,8,14H2,1H3,(H,15,17). The van der Waals surface area contributed by atoms with Crippen LogP contribution in [0.5, 0.6) is 0 Å². The highest BCUT2D eigenvalue weighted by molar-refractivity contribution is 5.95. The van der Waals surface area contributed by atoms with Crippen LogP contribution >= 0.6 is 0 Å². The summed E-state index contributed by atoms with van der Waals surface area (Å²) >= 11 is 0. The molecule has 0 aromatic heterocycles. The van der Waals surface area contributed by atoms with Crippen molar-refractivity contribution in [3.05, 3.63) is 33.9 Å².